The van der Waals surface area contributed by atoms with Crippen molar-refractivity contribution in [2.45, 2.75) is 45.0 Å². The fraction of sp³-hybridized carbons (Fsp3) is 0.875. The zero-order valence-corrected chi connectivity index (χ0v) is 7.43. The summed E-state index contributed by atoms with van der Waals surface area (Å²) in [6.07, 6.45) is 0.262. The maximum Gasteiger partial charge on any atom is 0.345 e. The first kappa shape index (κ1) is 12.3. The van der Waals surface area contributed by atoms with Gasteiger partial charge >= 0.3 is 5.97 Å². The van der Waals surface area contributed by atoms with Gasteiger partial charge in [0, 0.05) is 11.4 Å². The fourth-order valence-electron chi connectivity index (χ4n) is 1.04. The lowest BCUT2D eigenvalue weighted by molar-refractivity contribution is -0.180. The maximum absolute atomic E-state index is 12.2. The Bertz CT molecular complexity index is 142. The van der Waals surface area contributed by atoms with E-state index in [0.717, 1.165) is 19.8 Å². The van der Waals surface area contributed by atoms with Crippen molar-refractivity contribution in [3.63, 3.8) is 0 Å². The van der Waals surface area contributed by atoms with Crippen LogP contribution in [0.3, 0.4) is 0 Å². The highest BCUT2D eigenvalue weighted by molar-refractivity contribution is 5.64. The van der Waals surface area contributed by atoms with Crippen molar-refractivity contribution >= 4 is 5.97 Å². The average Bonchev–Trinajstić information content (AvgIpc) is 2.11. The minimum Gasteiger partial charge on any atom is -0.255 e. The van der Waals surface area contributed by atoms with Gasteiger partial charge < -0.3 is 0 Å². The van der Waals surface area contributed by atoms with Crippen LogP contribution >= 0.6 is 0 Å². The van der Waals surface area contributed by atoms with Crippen LogP contribution in [0.5, 0.6) is 0 Å². The van der Waals surface area contributed by atoms with Crippen molar-refractivity contribution in [2.24, 2.45) is 0 Å². The van der Waals surface area contributed by atoms with Crippen molar-refractivity contribution in [3.05, 3.63) is 0 Å². The molecule has 1 saturated carbocycles. The minimum atomic E-state index is -1.16. The van der Waals surface area contributed by atoms with E-state index >= 15 is 0 Å². The van der Waals surface area contributed by atoms with Crippen LogP contribution in [-0.2, 0) is 9.74 Å². The molecule has 2 atom stereocenters. The van der Waals surface area contributed by atoms with Gasteiger partial charge in [-0.15, -0.1) is 0 Å². The Balaban J connectivity index is 0.000000252. The van der Waals surface area contributed by atoms with Crippen LogP contribution in [0.15, 0.2) is 0 Å². The van der Waals surface area contributed by atoms with Gasteiger partial charge in [-0.3, -0.25) is 4.94 Å². The van der Waals surface area contributed by atoms with Gasteiger partial charge in [0.25, 0.3) is 0 Å². The lowest BCUT2D eigenvalue weighted by Gasteiger charge is -2.17. The van der Waals surface area contributed by atoms with E-state index in [4.69, 9.17) is 0 Å². The summed E-state index contributed by atoms with van der Waals surface area (Å²) in [5.74, 6) is -0.912. The number of carbonyl (C=O) groups is 1. The summed E-state index contributed by atoms with van der Waals surface area (Å²) in [4.78, 5) is 11.8. The lowest BCUT2D eigenvalue weighted by Crippen LogP contribution is -2.21. The van der Waals surface area contributed by atoms with E-state index in [1.807, 2.05) is 0 Å². The number of alkyl halides is 2. The Morgan fingerprint density at radius 1 is 1.23 bits per heavy atom. The molecule has 0 aliphatic heterocycles. The molecule has 0 aromatic carbocycles. The van der Waals surface area contributed by atoms with Crippen LogP contribution < -0.4 is 0 Å². The van der Waals surface area contributed by atoms with Gasteiger partial charge in [-0.25, -0.2) is 13.6 Å². The van der Waals surface area contributed by atoms with Gasteiger partial charge in [-0.2, -0.15) is 0 Å². The summed E-state index contributed by atoms with van der Waals surface area (Å²) < 4.78 is 34.7. The van der Waals surface area contributed by atoms with Gasteiger partial charge in [0.15, 0.2) is 0 Å². The monoisotopic (exact) mass is 198 g/mol. The predicted molar refractivity (Wildman–Crippen MR) is 41.1 cm³/mol. The van der Waals surface area contributed by atoms with Gasteiger partial charge in [0.05, 0.1) is 0 Å². The van der Waals surface area contributed by atoms with E-state index in [9.17, 15) is 18.1 Å². The van der Waals surface area contributed by atoms with E-state index in [1.165, 1.54) is 0 Å². The largest absolute Gasteiger partial charge is 0.345 e. The second-order valence-electron chi connectivity index (χ2n) is 2.89. The molecular weight excluding hydrogens is 185 g/mol. The molecule has 0 aromatic rings. The highest BCUT2D eigenvalue weighted by Gasteiger charge is 2.23. The molecule has 0 saturated heterocycles. The topological polar surface area (TPSA) is 26.3 Å². The normalized spacial score (nSPS) is 27.1. The van der Waals surface area contributed by atoms with E-state index in [0.29, 0.717) is 12.8 Å². The molecule has 0 spiro atoms. The van der Waals surface area contributed by atoms with Crippen LogP contribution in [0.1, 0.15) is 32.6 Å². The summed E-state index contributed by atoms with van der Waals surface area (Å²) in [5.41, 5.74) is 0. The second-order valence-corrected chi connectivity index (χ2v) is 2.89. The molecule has 0 heterocycles. The highest BCUT2D eigenvalue weighted by atomic mass is 19.3. The molecule has 1 rings (SSSR count). The van der Waals surface area contributed by atoms with E-state index in [1.54, 1.807) is 0 Å². The van der Waals surface area contributed by atoms with Crippen LogP contribution in [0, 0.1) is 0 Å². The summed E-state index contributed by atoms with van der Waals surface area (Å²) in [7, 11) is 0. The third-order valence-electron chi connectivity index (χ3n) is 1.71. The third-order valence-corrected chi connectivity index (χ3v) is 1.71. The Labute approximate surface area is 75.0 Å². The van der Waals surface area contributed by atoms with Crippen molar-refractivity contribution in [1.82, 2.24) is 0 Å². The number of hydrogen-bond donors (Lipinski definition) is 0. The summed E-state index contributed by atoms with van der Waals surface area (Å²) in [6, 6.07) is 0. The third kappa shape index (κ3) is 6.42. The average molecular weight is 198 g/mol. The van der Waals surface area contributed by atoms with Gasteiger partial charge in [0.2, 0.25) is 0 Å². The summed E-state index contributed by atoms with van der Waals surface area (Å²) in [6.45, 7) is 0.986. The molecule has 0 N–H and O–H groups in total. The SMILES string of the molecule is CC(=O)OF.FC1CCCCC1F. The lowest BCUT2D eigenvalue weighted by atomic mass is 9.97. The van der Waals surface area contributed by atoms with Crippen LogP contribution in [0.2, 0.25) is 0 Å². The van der Waals surface area contributed by atoms with Crippen LogP contribution in [0.25, 0.3) is 0 Å². The minimum absolute atomic E-state index is 0.432. The van der Waals surface area contributed by atoms with Gasteiger partial charge in [-0.05, 0) is 12.8 Å². The number of hydrogen-bond acceptors (Lipinski definition) is 2. The van der Waals surface area contributed by atoms with Crippen LogP contribution in [0.4, 0.5) is 13.3 Å². The van der Waals surface area contributed by atoms with Crippen molar-refractivity contribution in [1.29, 1.82) is 0 Å². The highest BCUT2D eigenvalue weighted by Crippen LogP contribution is 2.23. The quantitative estimate of drug-likeness (QED) is 0.598. The maximum atomic E-state index is 12.2. The Morgan fingerprint density at radius 3 is 1.69 bits per heavy atom. The molecular formula is C8H13F3O2. The molecule has 0 radical (unpaired) electrons. The molecule has 1 fully saturated rings. The van der Waals surface area contributed by atoms with E-state index in [-0.39, 0.29) is 0 Å². The van der Waals surface area contributed by atoms with Crippen molar-refractivity contribution in [2.75, 3.05) is 0 Å². The van der Waals surface area contributed by atoms with Crippen molar-refractivity contribution in [3.8, 4) is 0 Å². The molecule has 0 bridgehead atoms. The molecule has 0 aromatic heterocycles. The zero-order valence-electron chi connectivity index (χ0n) is 7.43. The first-order valence-corrected chi connectivity index (χ1v) is 4.15. The van der Waals surface area contributed by atoms with E-state index < -0.39 is 18.3 Å². The first-order chi connectivity index (χ1) is 6.07. The standard InChI is InChI=1S/C6H10F2.C2H3FO2/c7-5-3-1-2-4-6(5)8;1-2(4)5-3/h5-6H,1-4H2;1H3. The number of rotatable bonds is 0. The van der Waals surface area contributed by atoms with Gasteiger partial charge in [-0.1, -0.05) is 12.8 Å². The molecule has 13 heavy (non-hydrogen) atoms. The Hall–Kier alpha value is -0.740. The molecule has 2 nitrogen and oxygen atoms in total. The molecule has 1 aliphatic rings. The number of halogens is 3. The zero-order chi connectivity index (χ0) is 10.3. The van der Waals surface area contributed by atoms with Crippen molar-refractivity contribution < 1.29 is 23.0 Å². The predicted octanol–water partition coefficient (Wildman–Crippen LogP) is 2.67. The Morgan fingerprint density at radius 2 is 1.54 bits per heavy atom. The first-order valence-electron chi connectivity index (χ1n) is 4.15. The molecule has 2 unspecified atom stereocenters. The summed E-state index contributed by atoms with van der Waals surface area (Å²) in [5, 5.41) is 0. The Kier molecular flexibility index (Phi) is 6.36. The molecule has 1 aliphatic carbocycles. The molecule has 5 heteroatoms. The molecule has 0 amide bonds. The second kappa shape index (κ2) is 6.74. The smallest absolute Gasteiger partial charge is 0.255 e. The van der Waals surface area contributed by atoms with Gasteiger partial charge in [0.1, 0.15) is 12.3 Å². The summed E-state index contributed by atoms with van der Waals surface area (Å²) >= 11 is 0. The number of carbonyl (C=O) groups excluding carboxylic acids is 1. The molecule has 78 valence electrons. The van der Waals surface area contributed by atoms with E-state index in [2.05, 4.69) is 4.94 Å². The van der Waals surface area contributed by atoms with Crippen LogP contribution in [-0.4, -0.2) is 18.3 Å². The fourth-order valence-corrected chi connectivity index (χ4v) is 1.04.